The minimum Gasteiger partial charge on any atom is -0.333 e. The number of sulfonamides is 1. The van der Waals surface area contributed by atoms with Crippen LogP contribution < -0.4 is 10.0 Å². The Labute approximate surface area is 268 Å². The van der Waals surface area contributed by atoms with Crippen LogP contribution in [0.3, 0.4) is 0 Å². The summed E-state index contributed by atoms with van der Waals surface area (Å²) in [6.45, 7) is 2.94. The summed E-state index contributed by atoms with van der Waals surface area (Å²) in [5.41, 5.74) is 2.42. The van der Waals surface area contributed by atoms with E-state index in [9.17, 15) is 8.42 Å². The summed E-state index contributed by atoms with van der Waals surface area (Å²) in [5.74, 6) is -1.63. The van der Waals surface area contributed by atoms with E-state index >= 15 is 8.78 Å². The van der Waals surface area contributed by atoms with Crippen molar-refractivity contribution in [1.82, 2.24) is 29.4 Å². The van der Waals surface area contributed by atoms with Gasteiger partial charge < -0.3 is 5.32 Å². The Kier molecular flexibility index (Phi) is 7.97. The lowest BCUT2D eigenvalue weighted by atomic mass is 10.1. The lowest BCUT2D eigenvalue weighted by Gasteiger charge is -2.26. The number of hydrogen-bond donors (Lipinski definition) is 2. The number of nitrogens with zero attached hydrogens (tertiary/aromatic N) is 6. The van der Waals surface area contributed by atoms with E-state index in [1.165, 1.54) is 43.8 Å². The van der Waals surface area contributed by atoms with Gasteiger partial charge in [-0.1, -0.05) is 42.3 Å². The third-order valence-electron chi connectivity index (χ3n) is 7.92. The van der Waals surface area contributed by atoms with E-state index in [0.29, 0.717) is 11.3 Å². The second-order valence-electron chi connectivity index (χ2n) is 10.9. The third kappa shape index (κ3) is 5.72. The Morgan fingerprint density at radius 3 is 2.52 bits per heavy atom. The molecule has 1 aliphatic rings. The summed E-state index contributed by atoms with van der Waals surface area (Å²) in [5, 5.41) is 2.62. The third-order valence-corrected chi connectivity index (χ3v) is 9.79. The van der Waals surface area contributed by atoms with Gasteiger partial charge in [-0.25, -0.2) is 37.1 Å². The molecule has 0 unspecified atom stereocenters. The van der Waals surface area contributed by atoms with Crippen molar-refractivity contribution in [3.8, 4) is 5.82 Å². The number of fused-ring (bicyclic) bond motifs is 2. The highest BCUT2D eigenvalue weighted by atomic mass is 35.5. The van der Waals surface area contributed by atoms with Crippen molar-refractivity contribution in [1.29, 1.82) is 0 Å². The van der Waals surface area contributed by atoms with Crippen LogP contribution in [0.1, 0.15) is 24.8 Å². The number of halogens is 3. The average Bonchev–Trinajstić information content (AvgIpc) is 3.50. The number of benzene rings is 3. The van der Waals surface area contributed by atoms with Gasteiger partial charge in [0.15, 0.2) is 11.6 Å². The molecule has 1 aliphatic heterocycles. The molecule has 46 heavy (non-hydrogen) atoms. The summed E-state index contributed by atoms with van der Waals surface area (Å²) in [6, 6.07) is 17.2. The molecule has 0 radical (unpaired) electrons. The van der Waals surface area contributed by atoms with E-state index in [1.807, 2.05) is 16.7 Å². The van der Waals surface area contributed by atoms with Gasteiger partial charge in [-0.2, -0.15) is 0 Å². The van der Waals surface area contributed by atoms with E-state index in [1.54, 1.807) is 24.5 Å². The van der Waals surface area contributed by atoms with E-state index < -0.39 is 33.0 Å². The number of piperidine rings is 1. The molecule has 1 saturated heterocycles. The summed E-state index contributed by atoms with van der Waals surface area (Å²) in [7, 11) is -4.29. The first-order chi connectivity index (χ1) is 22.3. The van der Waals surface area contributed by atoms with Crippen molar-refractivity contribution in [2.45, 2.75) is 30.7 Å². The van der Waals surface area contributed by atoms with E-state index in [0.717, 1.165) is 48.4 Å². The van der Waals surface area contributed by atoms with Crippen LogP contribution in [0.25, 0.3) is 27.9 Å². The van der Waals surface area contributed by atoms with Crippen LogP contribution in [-0.4, -0.2) is 50.9 Å². The molecule has 10 nitrogen and oxygen atoms in total. The molecule has 0 saturated carbocycles. The number of para-hydroxylation sites is 1. The highest BCUT2D eigenvalue weighted by molar-refractivity contribution is 7.92. The largest absolute Gasteiger partial charge is 0.333 e. The number of nitrogens with one attached hydrogen (secondary N) is 2. The van der Waals surface area contributed by atoms with Crippen molar-refractivity contribution in [3.05, 3.63) is 102 Å². The van der Waals surface area contributed by atoms with Gasteiger partial charge in [-0.15, -0.1) is 0 Å². The first-order valence-corrected chi connectivity index (χ1v) is 16.5. The fraction of sp³-hybridized carbons (Fsp3) is 0.188. The molecule has 0 spiro atoms. The van der Waals surface area contributed by atoms with Crippen LogP contribution in [0.2, 0.25) is 5.02 Å². The van der Waals surface area contributed by atoms with Gasteiger partial charge in [0.1, 0.15) is 40.4 Å². The predicted octanol–water partition coefficient (Wildman–Crippen LogP) is 6.83. The molecule has 4 heterocycles. The van der Waals surface area contributed by atoms with Crippen LogP contribution in [0.4, 0.5) is 26.0 Å². The maximum Gasteiger partial charge on any atom is 0.263 e. The molecule has 2 N–H and O–H groups in total. The maximum absolute atomic E-state index is 15.7. The zero-order chi connectivity index (χ0) is 31.8. The predicted molar refractivity (Wildman–Crippen MR) is 173 cm³/mol. The van der Waals surface area contributed by atoms with Crippen LogP contribution in [-0.2, 0) is 16.6 Å². The smallest absolute Gasteiger partial charge is 0.263 e. The topological polar surface area (TPSA) is 118 Å². The summed E-state index contributed by atoms with van der Waals surface area (Å²) in [4.78, 5) is 20.1. The number of pyridine rings is 1. The minimum absolute atomic E-state index is 0.0194. The number of rotatable bonds is 8. The molecule has 3 aromatic carbocycles. The second kappa shape index (κ2) is 12.2. The quantitative estimate of drug-likeness (QED) is 0.183. The molecule has 7 rings (SSSR count). The fourth-order valence-corrected chi connectivity index (χ4v) is 7.23. The highest BCUT2D eigenvalue weighted by Gasteiger charge is 2.23. The van der Waals surface area contributed by atoms with Crippen LogP contribution in [0.15, 0.2) is 84.3 Å². The minimum atomic E-state index is -4.29. The Bertz CT molecular complexity index is 2210. The first kappa shape index (κ1) is 30.0. The fourth-order valence-electron chi connectivity index (χ4n) is 5.65. The van der Waals surface area contributed by atoms with Crippen molar-refractivity contribution in [2.24, 2.45) is 0 Å². The van der Waals surface area contributed by atoms with Gasteiger partial charge in [0.2, 0.25) is 0 Å². The van der Waals surface area contributed by atoms with E-state index in [4.69, 9.17) is 21.6 Å². The molecule has 0 atom stereocenters. The molecular formula is C32H27ClF2N8O2S. The standard InChI is InChI=1S/C32H27ClF2N8O2S/c33-21-8-2-3-10-26(21)46(44,45)41-23-12-11-22(34)30(28(23)35)40-32-31-24(36-18-37-32)13-14-27(39-31)43-19-38-29-20(7-6-9-25(29)43)17-42-15-4-1-5-16-42/h2-3,6-14,18-19,41H,1,4-5,15-17H2,(H,36,37,40). The summed E-state index contributed by atoms with van der Waals surface area (Å²) < 4.78 is 60.6. The van der Waals surface area contributed by atoms with Crippen LogP contribution in [0, 0.1) is 11.6 Å². The second-order valence-corrected chi connectivity index (χ2v) is 13.0. The van der Waals surface area contributed by atoms with Gasteiger partial charge in [0.25, 0.3) is 10.0 Å². The monoisotopic (exact) mass is 660 g/mol. The van der Waals surface area contributed by atoms with Gasteiger partial charge in [0.05, 0.1) is 27.3 Å². The van der Waals surface area contributed by atoms with Crippen molar-refractivity contribution in [3.63, 3.8) is 0 Å². The molecule has 0 amide bonds. The lowest BCUT2D eigenvalue weighted by molar-refractivity contribution is 0.221. The molecule has 6 aromatic rings. The molecule has 0 aliphatic carbocycles. The van der Waals surface area contributed by atoms with Gasteiger partial charge in [-0.3, -0.25) is 14.2 Å². The maximum atomic E-state index is 15.7. The van der Waals surface area contributed by atoms with Gasteiger partial charge in [0, 0.05) is 6.54 Å². The Morgan fingerprint density at radius 2 is 1.70 bits per heavy atom. The first-order valence-electron chi connectivity index (χ1n) is 14.6. The zero-order valence-corrected chi connectivity index (χ0v) is 25.9. The zero-order valence-electron chi connectivity index (χ0n) is 24.3. The Balaban J connectivity index is 1.22. The lowest BCUT2D eigenvalue weighted by Crippen LogP contribution is -2.29. The average molecular weight is 661 g/mol. The number of aromatic nitrogens is 5. The molecule has 0 bridgehead atoms. The Morgan fingerprint density at radius 1 is 0.870 bits per heavy atom. The molecule has 1 fully saturated rings. The van der Waals surface area contributed by atoms with Crippen molar-refractivity contribution < 1.29 is 17.2 Å². The Hall–Kier alpha value is -4.72. The van der Waals surface area contributed by atoms with Crippen molar-refractivity contribution >= 4 is 60.9 Å². The molecule has 14 heteroatoms. The summed E-state index contributed by atoms with van der Waals surface area (Å²) in [6.07, 6.45) is 6.59. The molecular weight excluding hydrogens is 634 g/mol. The molecule has 3 aromatic heterocycles. The molecule has 234 valence electrons. The number of hydrogen-bond acceptors (Lipinski definition) is 8. The van der Waals surface area contributed by atoms with Gasteiger partial charge >= 0.3 is 0 Å². The van der Waals surface area contributed by atoms with E-state index in [2.05, 4.69) is 31.0 Å². The van der Waals surface area contributed by atoms with Crippen molar-refractivity contribution in [2.75, 3.05) is 23.1 Å². The van der Waals surface area contributed by atoms with Gasteiger partial charge in [-0.05, 0) is 74.0 Å². The number of likely N-dealkylation sites (tertiary alicyclic amines) is 1. The SMILES string of the molecule is O=S(=O)(Nc1ccc(F)c(Nc2ncnc3ccc(-n4cnc5c(CN6CCCCC6)cccc54)nc23)c1F)c1ccccc1Cl. The normalized spacial score (nSPS) is 14.2. The number of imidazole rings is 1. The highest BCUT2D eigenvalue weighted by Crippen LogP contribution is 2.33. The summed E-state index contributed by atoms with van der Waals surface area (Å²) >= 11 is 6.05. The van der Waals surface area contributed by atoms with E-state index in [-0.39, 0.29) is 21.3 Å². The van der Waals surface area contributed by atoms with Crippen LogP contribution in [0.5, 0.6) is 0 Å². The number of anilines is 3. The van der Waals surface area contributed by atoms with Crippen LogP contribution >= 0.6 is 11.6 Å².